The Hall–Kier alpha value is -1.29. The number of sulfone groups is 1. The molecular weight excluding hydrogens is 186 g/mol. The normalized spacial score (nSPS) is 14.7. The molecule has 0 aliphatic carbocycles. The highest BCUT2D eigenvalue weighted by molar-refractivity contribution is 7.99. The Morgan fingerprint density at radius 2 is 2.23 bits per heavy atom. The van der Waals surface area contributed by atoms with Crippen molar-refractivity contribution in [2.45, 2.75) is 0 Å². The van der Waals surface area contributed by atoms with Crippen LogP contribution in [0, 0.1) is 6.07 Å². The second kappa shape index (κ2) is 2.60. The van der Waals surface area contributed by atoms with Crippen molar-refractivity contribution >= 4 is 21.1 Å². The van der Waals surface area contributed by atoms with Crippen molar-refractivity contribution in [1.29, 1.82) is 0 Å². The van der Waals surface area contributed by atoms with E-state index in [4.69, 9.17) is 0 Å². The molecule has 0 atom stereocenters. The number of benzene rings is 1. The standard InChI is InChI=1S/C9H7NO2S/c1-13(11,12)9-8-5-3-2-4-7(8)6-10-9/h3-6H,1H3. The maximum atomic E-state index is 11.2. The van der Waals surface area contributed by atoms with Gasteiger partial charge in [-0.1, -0.05) is 12.1 Å². The van der Waals surface area contributed by atoms with Gasteiger partial charge < -0.3 is 0 Å². The summed E-state index contributed by atoms with van der Waals surface area (Å²) in [7, 11) is -3.21. The van der Waals surface area contributed by atoms with Crippen molar-refractivity contribution in [3.63, 3.8) is 0 Å². The van der Waals surface area contributed by atoms with Crippen LogP contribution in [0.5, 0.6) is 0 Å². The van der Waals surface area contributed by atoms with Gasteiger partial charge in [0.15, 0.2) is 14.9 Å². The summed E-state index contributed by atoms with van der Waals surface area (Å²) in [5.74, 6) is 0. The predicted octanol–water partition coefficient (Wildman–Crippen LogP) is -1.05. The van der Waals surface area contributed by atoms with E-state index in [-0.39, 0.29) is 5.03 Å². The maximum Gasteiger partial charge on any atom is 0.193 e. The molecule has 3 nitrogen and oxygen atoms in total. The molecule has 0 bridgehead atoms. The second-order valence-corrected chi connectivity index (χ2v) is 4.78. The minimum atomic E-state index is -3.21. The molecular formula is C9H7NO2S. The highest BCUT2D eigenvalue weighted by atomic mass is 32.2. The zero-order chi connectivity index (χ0) is 9.47. The van der Waals surface area contributed by atoms with E-state index in [0.717, 1.165) is 11.5 Å². The van der Waals surface area contributed by atoms with E-state index in [1.54, 1.807) is 24.4 Å². The second-order valence-electron chi connectivity index (χ2n) is 2.85. The first-order valence-corrected chi connectivity index (χ1v) is 5.60. The van der Waals surface area contributed by atoms with E-state index in [1.807, 2.05) is 0 Å². The summed E-state index contributed by atoms with van der Waals surface area (Å²) in [6.07, 6.45) is 2.70. The molecule has 0 unspecified atom stereocenters. The van der Waals surface area contributed by atoms with E-state index in [0.29, 0.717) is 5.22 Å². The van der Waals surface area contributed by atoms with Crippen LogP contribution in [-0.2, 0) is 9.84 Å². The molecule has 66 valence electrons. The van der Waals surface area contributed by atoms with Gasteiger partial charge >= 0.3 is 0 Å². The zero-order valence-electron chi connectivity index (χ0n) is 6.98. The van der Waals surface area contributed by atoms with Crippen LogP contribution in [0.1, 0.15) is 0 Å². The van der Waals surface area contributed by atoms with Gasteiger partial charge in [-0.05, 0) is 12.1 Å². The highest BCUT2D eigenvalue weighted by Gasteiger charge is 2.16. The molecule has 0 saturated carbocycles. The fraction of sp³-hybridized carbons (Fsp3) is 0.111. The van der Waals surface area contributed by atoms with Crippen LogP contribution in [-0.4, -0.2) is 14.7 Å². The number of rotatable bonds is 1. The molecule has 1 aromatic carbocycles. The number of fused-ring (bicyclic) bond motifs is 1. The fourth-order valence-electron chi connectivity index (χ4n) is 1.24. The molecule has 1 aliphatic heterocycles. The van der Waals surface area contributed by atoms with E-state index in [1.165, 1.54) is 0 Å². The van der Waals surface area contributed by atoms with Crippen molar-refractivity contribution in [1.82, 2.24) is 5.32 Å². The molecule has 1 heterocycles. The quantitative estimate of drug-likeness (QED) is 0.571. The van der Waals surface area contributed by atoms with Crippen LogP contribution in [0.25, 0.3) is 11.2 Å². The Bertz CT molecular complexity index is 558. The molecule has 13 heavy (non-hydrogen) atoms. The van der Waals surface area contributed by atoms with Gasteiger partial charge in [0.05, 0.1) is 0 Å². The van der Waals surface area contributed by atoms with Gasteiger partial charge in [0.2, 0.25) is 0 Å². The Labute approximate surface area is 76.3 Å². The summed E-state index contributed by atoms with van der Waals surface area (Å²) in [6.45, 7) is 0. The number of nitrogens with zero attached hydrogens (tertiary/aromatic N) is 1. The zero-order valence-corrected chi connectivity index (χ0v) is 7.80. The third kappa shape index (κ3) is 1.33. The first-order chi connectivity index (χ1) is 6.09. The summed E-state index contributed by atoms with van der Waals surface area (Å²) in [6, 6.07) is 7.97. The molecule has 2 rings (SSSR count). The van der Waals surface area contributed by atoms with Crippen molar-refractivity contribution in [2.75, 3.05) is 6.26 Å². The Kier molecular flexibility index (Phi) is 1.66. The molecule has 0 N–H and O–H groups in total. The van der Waals surface area contributed by atoms with E-state index in [2.05, 4.69) is 11.4 Å². The van der Waals surface area contributed by atoms with Crippen LogP contribution >= 0.6 is 0 Å². The van der Waals surface area contributed by atoms with E-state index < -0.39 is 9.84 Å². The largest absolute Gasteiger partial charge is 0.243 e. The van der Waals surface area contributed by atoms with Gasteiger partial charge in [-0.15, -0.1) is 0 Å². The first-order valence-electron chi connectivity index (χ1n) is 3.70. The minimum Gasteiger partial charge on any atom is -0.243 e. The van der Waals surface area contributed by atoms with Gasteiger partial charge in [-0.3, -0.25) is 0 Å². The monoisotopic (exact) mass is 193 g/mol. The summed E-state index contributed by atoms with van der Waals surface area (Å²) in [5.41, 5.74) is 0. The SMILES string of the molecule is CS(=O)(=O)C1=c2cc[c]cc2=C[N]1. The summed E-state index contributed by atoms with van der Waals surface area (Å²) in [5, 5.41) is 5.48. The summed E-state index contributed by atoms with van der Waals surface area (Å²) >= 11 is 0. The maximum absolute atomic E-state index is 11.2. The van der Waals surface area contributed by atoms with Gasteiger partial charge in [0.1, 0.15) is 0 Å². The van der Waals surface area contributed by atoms with Crippen molar-refractivity contribution in [2.24, 2.45) is 0 Å². The molecule has 0 spiro atoms. The first kappa shape index (κ1) is 8.31. The van der Waals surface area contributed by atoms with Crippen LogP contribution in [0.2, 0.25) is 0 Å². The van der Waals surface area contributed by atoms with Gasteiger partial charge in [0, 0.05) is 22.9 Å². The van der Waals surface area contributed by atoms with Crippen LogP contribution < -0.4 is 15.8 Å². The van der Waals surface area contributed by atoms with Crippen molar-refractivity contribution in [3.05, 3.63) is 34.7 Å². The lowest BCUT2D eigenvalue weighted by molar-refractivity contribution is 0.610. The van der Waals surface area contributed by atoms with Gasteiger partial charge in [0.25, 0.3) is 0 Å². The Balaban J connectivity index is 2.91. The van der Waals surface area contributed by atoms with Gasteiger partial charge in [-0.25, -0.2) is 13.7 Å². The number of hydrogen-bond donors (Lipinski definition) is 0. The Morgan fingerprint density at radius 1 is 1.46 bits per heavy atom. The van der Waals surface area contributed by atoms with Crippen LogP contribution in [0.15, 0.2) is 18.2 Å². The molecule has 0 fully saturated rings. The summed E-state index contributed by atoms with van der Waals surface area (Å²) in [4.78, 5) is 0. The van der Waals surface area contributed by atoms with E-state index in [9.17, 15) is 8.42 Å². The molecule has 0 saturated heterocycles. The molecule has 0 amide bonds. The third-order valence-corrected chi connectivity index (χ3v) is 2.83. The molecule has 1 aromatic rings. The highest BCUT2D eigenvalue weighted by Crippen LogP contribution is 2.02. The molecule has 0 aromatic heterocycles. The van der Waals surface area contributed by atoms with Crippen LogP contribution in [0.4, 0.5) is 0 Å². The lowest BCUT2D eigenvalue weighted by atomic mass is 10.3. The van der Waals surface area contributed by atoms with Gasteiger partial charge in [-0.2, -0.15) is 0 Å². The average molecular weight is 193 g/mol. The summed E-state index contributed by atoms with van der Waals surface area (Å²) < 4.78 is 22.5. The third-order valence-electron chi connectivity index (χ3n) is 1.80. The fourth-order valence-corrected chi connectivity index (χ4v) is 2.07. The predicted molar refractivity (Wildman–Crippen MR) is 49.4 cm³/mol. The average Bonchev–Trinajstić information content (AvgIpc) is 2.45. The number of hydrogen-bond acceptors (Lipinski definition) is 2. The van der Waals surface area contributed by atoms with E-state index >= 15 is 0 Å². The van der Waals surface area contributed by atoms with Crippen molar-refractivity contribution in [3.8, 4) is 0 Å². The smallest absolute Gasteiger partial charge is 0.193 e. The molecule has 2 radical (unpaired) electrons. The topological polar surface area (TPSA) is 48.2 Å². The lowest BCUT2D eigenvalue weighted by Gasteiger charge is -1.95. The van der Waals surface area contributed by atoms with Crippen molar-refractivity contribution < 1.29 is 8.42 Å². The minimum absolute atomic E-state index is 0.150. The van der Waals surface area contributed by atoms with Crippen LogP contribution in [0.3, 0.4) is 0 Å². The Morgan fingerprint density at radius 3 is 2.92 bits per heavy atom. The lowest BCUT2D eigenvalue weighted by Crippen LogP contribution is -2.24. The molecule has 4 heteroatoms. The molecule has 1 aliphatic rings.